The number of rotatable bonds is 5. The Morgan fingerprint density at radius 3 is 1.81 bits per heavy atom. The fraction of sp³-hybridized carbons (Fsp3) is 0.323. The maximum Gasteiger partial charge on any atom is 0.264 e. The molecule has 0 amide bonds. The molecule has 3 aromatic carbocycles. The zero-order valence-electron chi connectivity index (χ0n) is 21.2. The minimum absolute atomic E-state index is 0.0470. The minimum Gasteiger partial charge on any atom is -0.498 e. The first-order valence-corrected chi connectivity index (χ1v) is 14.3. The molecule has 37 heavy (non-hydrogen) atoms. The van der Waals surface area contributed by atoms with Crippen LogP contribution < -0.4 is 0 Å². The number of methoxy groups -OCH3 is 1. The molecule has 1 saturated carbocycles. The number of ketones is 1. The Hall–Kier alpha value is -3.38. The van der Waals surface area contributed by atoms with Crippen molar-refractivity contribution in [3.05, 3.63) is 114 Å². The summed E-state index contributed by atoms with van der Waals surface area (Å²) in [5.74, 6) is -0.492. The second kappa shape index (κ2) is 8.88. The molecule has 2 bridgehead atoms. The van der Waals surface area contributed by atoms with Gasteiger partial charge in [-0.15, -0.1) is 0 Å². The highest BCUT2D eigenvalue weighted by molar-refractivity contribution is 7.89. The highest BCUT2D eigenvalue weighted by Gasteiger charge is 2.65. The Kier molecular flexibility index (Phi) is 5.75. The number of nitrogens with zero attached hydrogens (tertiary/aromatic N) is 1. The van der Waals surface area contributed by atoms with Crippen molar-refractivity contribution in [2.24, 2.45) is 29.6 Å². The lowest BCUT2D eigenvalue weighted by Gasteiger charge is -2.33. The predicted octanol–water partition coefficient (Wildman–Crippen LogP) is 5.79. The second-order valence-electron chi connectivity index (χ2n) is 10.5. The molecule has 3 aromatic rings. The molecule has 6 heteroatoms. The molecule has 7 atom stereocenters. The normalized spacial score (nSPS) is 30.9. The summed E-state index contributed by atoms with van der Waals surface area (Å²) in [6.45, 7) is 4.24. The van der Waals surface area contributed by atoms with E-state index in [1.807, 2.05) is 54.6 Å². The Morgan fingerprint density at radius 1 is 0.703 bits per heavy atom. The summed E-state index contributed by atoms with van der Waals surface area (Å²) in [5, 5.41) is 0. The molecule has 2 fully saturated rings. The topological polar surface area (TPSA) is 63.7 Å². The maximum atomic E-state index is 14.4. The lowest BCUT2D eigenvalue weighted by atomic mass is 9.72. The van der Waals surface area contributed by atoms with E-state index in [9.17, 15) is 13.2 Å². The van der Waals surface area contributed by atoms with E-state index in [2.05, 4.69) is 26.0 Å². The summed E-state index contributed by atoms with van der Waals surface area (Å²) in [4.78, 5) is 14.3. The van der Waals surface area contributed by atoms with Crippen LogP contribution in [0.4, 0.5) is 0 Å². The van der Waals surface area contributed by atoms with Gasteiger partial charge in [0.15, 0.2) is 0 Å². The Balaban J connectivity index is 1.61. The van der Waals surface area contributed by atoms with Crippen LogP contribution in [0.3, 0.4) is 0 Å². The van der Waals surface area contributed by atoms with E-state index >= 15 is 0 Å². The molecule has 5 nitrogen and oxygen atoms in total. The third-order valence-electron chi connectivity index (χ3n) is 8.76. The number of benzene rings is 3. The van der Waals surface area contributed by atoms with Crippen LogP contribution in [0.1, 0.15) is 36.9 Å². The van der Waals surface area contributed by atoms with Crippen LogP contribution in [0, 0.1) is 29.6 Å². The highest BCUT2D eigenvalue weighted by atomic mass is 32.2. The van der Waals surface area contributed by atoms with Crippen molar-refractivity contribution in [3.8, 4) is 0 Å². The summed E-state index contributed by atoms with van der Waals surface area (Å²) in [7, 11) is -2.36. The van der Waals surface area contributed by atoms with E-state index in [4.69, 9.17) is 4.74 Å². The van der Waals surface area contributed by atoms with Crippen LogP contribution in [-0.4, -0.2) is 25.6 Å². The van der Waals surface area contributed by atoms with E-state index in [1.165, 1.54) is 0 Å². The molecule has 0 spiro atoms. The molecule has 1 aliphatic heterocycles. The first-order valence-electron chi connectivity index (χ1n) is 12.9. The summed E-state index contributed by atoms with van der Waals surface area (Å²) in [6, 6.07) is 28.0. The van der Waals surface area contributed by atoms with Gasteiger partial charge in [-0.25, -0.2) is 8.42 Å². The lowest BCUT2D eigenvalue weighted by molar-refractivity contribution is -0.126. The van der Waals surface area contributed by atoms with E-state index in [-0.39, 0.29) is 40.3 Å². The third-order valence-corrected chi connectivity index (χ3v) is 10.6. The fourth-order valence-electron chi connectivity index (χ4n) is 7.33. The van der Waals surface area contributed by atoms with Gasteiger partial charge >= 0.3 is 0 Å². The van der Waals surface area contributed by atoms with Gasteiger partial charge in [0, 0.05) is 17.8 Å². The summed E-state index contributed by atoms with van der Waals surface area (Å²) < 4.78 is 36.4. The van der Waals surface area contributed by atoms with Gasteiger partial charge in [0.2, 0.25) is 0 Å². The maximum absolute atomic E-state index is 14.4. The Labute approximate surface area is 218 Å². The molecule has 6 rings (SSSR count). The molecule has 0 aromatic heterocycles. The van der Waals surface area contributed by atoms with Gasteiger partial charge in [0.1, 0.15) is 11.5 Å². The van der Waals surface area contributed by atoms with Crippen molar-refractivity contribution in [2.45, 2.75) is 30.7 Å². The number of hydrogen-bond donors (Lipinski definition) is 0. The summed E-state index contributed by atoms with van der Waals surface area (Å²) in [6.07, 6.45) is 0. The summed E-state index contributed by atoms with van der Waals surface area (Å²) >= 11 is 0. The zero-order chi connectivity index (χ0) is 25.9. The molecule has 1 saturated heterocycles. The molecule has 1 heterocycles. The number of sulfonamides is 1. The monoisotopic (exact) mass is 513 g/mol. The van der Waals surface area contributed by atoms with E-state index in [1.54, 1.807) is 35.7 Å². The van der Waals surface area contributed by atoms with E-state index < -0.39 is 22.0 Å². The van der Waals surface area contributed by atoms with Gasteiger partial charge < -0.3 is 4.74 Å². The van der Waals surface area contributed by atoms with Crippen LogP contribution in [0.5, 0.6) is 0 Å². The number of carbonyl (C=O) groups excluding carboxylic acids is 1. The molecule has 190 valence electrons. The third kappa shape index (κ3) is 3.42. The van der Waals surface area contributed by atoms with Gasteiger partial charge in [-0.1, -0.05) is 92.7 Å². The van der Waals surface area contributed by atoms with Crippen LogP contribution in [-0.2, 0) is 19.6 Å². The fourth-order valence-corrected chi connectivity index (χ4v) is 9.14. The first-order chi connectivity index (χ1) is 17.9. The average Bonchev–Trinajstić information content (AvgIpc) is 3.32. The Bertz CT molecular complexity index is 1450. The largest absolute Gasteiger partial charge is 0.498 e. The predicted molar refractivity (Wildman–Crippen MR) is 142 cm³/mol. The van der Waals surface area contributed by atoms with Gasteiger partial charge in [0.05, 0.1) is 29.7 Å². The number of Topliss-reactive ketones (excluding diaryl/α,β-unsaturated/α-hetero) is 1. The van der Waals surface area contributed by atoms with Gasteiger partial charge in [-0.3, -0.25) is 9.10 Å². The highest BCUT2D eigenvalue weighted by Crippen LogP contribution is 2.64. The number of carbonyl (C=O) groups is 1. The van der Waals surface area contributed by atoms with Crippen LogP contribution in [0.15, 0.2) is 107 Å². The van der Waals surface area contributed by atoms with Gasteiger partial charge in [-0.2, -0.15) is 0 Å². The van der Waals surface area contributed by atoms with Gasteiger partial charge in [0.25, 0.3) is 10.0 Å². The first kappa shape index (κ1) is 24.0. The van der Waals surface area contributed by atoms with Crippen molar-refractivity contribution < 1.29 is 17.9 Å². The minimum atomic E-state index is -3.93. The molecule has 3 aliphatic rings. The molecule has 5 unspecified atom stereocenters. The SMILES string of the molecule is COC1=C2C(C3C(=O)C1C(c1ccccc1)C3C)[C@@H](C)[C@H](c1ccccc1)N2S(=O)(=O)c1ccccc1. The van der Waals surface area contributed by atoms with Crippen LogP contribution in [0.25, 0.3) is 0 Å². The van der Waals surface area contributed by atoms with Crippen molar-refractivity contribution in [1.82, 2.24) is 4.31 Å². The van der Waals surface area contributed by atoms with E-state index in [0.29, 0.717) is 11.5 Å². The number of ether oxygens (including phenoxy) is 1. The van der Waals surface area contributed by atoms with Crippen molar-refractivity contribution in [3.63, 3.8) is 0 Å². The van der Waals surface area contributed by atoms with Crippen molar-refractivity contribution in [1.29, 1.82) is 0 Å². The quantitative estimate of drug-likeness (QED) is 0.433. The van der Waals surface area contributed by atoms with Crippen molar-refractivity contribution >= 4 is 15.8 Å². The zero-order valence-corrected chi connectivity index (χ0v) is 22.0. The van der Waals surface area contributed by atoms with Gasteiger partial charge in [-0.05, 0) is 35.1 Å². The lowest BCUT2D eigenvalue weighted by Crippen LogP contribution is -2.37. The Morgan fingerprint density at radius 2 is 1.24 bits per heavy atom. The molecular weight excluding hydrogens is 482 g/mol. The molecule has 0 radical (unpaired) electrons. The second-order valence-corrected chi connectivity index (χ2v) is 12.3. The molecule has 2 aliphatic carbocycles. The number of allylic oxidation sites excluding steroid dienone is 2. The van der Waals surface area contributed by atoms with Crippen molar-refractivity contribution in [2.75, 3.05) is 7.11 Å². The molecular formula is C31H31NO4S. The summed E-state index contributed by atoms with van der Waals surface area (Å²) in [5.41, 5.74) is 2.67. The number of fused-ring (bicyclic) bond motifs is 4. The smallest absolute Gasteiger partial charge is 0.264 e. The number of hydrogen-bond acceptors (Lipinski definition) is 4. The average molecular weight is 514 g/mol. The van der Waals surface area contributed by atoms with E-state index in [0.717, 1.165) is 11.1 Å². The van der Waals surface area contributed by atoms with Crippen LogP contribution >= 0.6 is 0 Å². The standard InChI is InChI=1S/C31H31NO4S/c1-19-24(21-13-7-4-8-14-21)27-30(33)26(19)25-20(2)28(22-15-9-5-10-16-22)32(29(25)31(27)36-3)37(34,35)23-17-11-6-12-18-23/h4-20,24-28H,1-3H3/t19?,20-,24?,25?,26?,27?,28-/m1/s1. The van der Waals surface area contributed by atoms with Crippen LogP contribution in [0.2, 0.25) is 0 Å². The molecule has 0 N–H and O–H groups in total.